The van der Waals surface area contributed by atoms with E-state index in [1.807, 2.05) is 0 Å². The van der Waals surface area contributed by atoms with Gasteiger partial charge < -0.3 is 11.1 Å². The van der Waals surface area contributed by atoms with Gasteiger partial charge in [-0.1, -0.05) is 12.5 Å². The fourth-order valence-corrected chi connectivity index (χ4v) is 2.72. The van der Waals surface area contributed by atoms with Gasteiger partial charge in [0.15, 0.2) is 5.78 Å². The number of anilines is 2. The first-order chi connectivity index (χ1) is 8.12. The van der Waals surface area contributed by atoms with Crippen molar-refractivity contribution in [1.29, 1.82) is 0 Å². The maximum absolute atomic E-state index is 12.2. The van der Waals surface area contributed by atoms with E-state index in [2.05, 4.69) is 5.32 Å². The molecule has 3 N–H and O–H groups in total. The fourth-order valence-electron chi connectivity index (χ4n) is 2.72. The molecule has 88 valence electrons. The lowest BCUT2D eigenvalue weighted by molar-refractivity contribution is -0.130. The largest absolute Gasteiger partial charge is 0.398 e. The predicted molar refractivity (Wildman–Crippen MR) is 64.7 cm³/mol. The summed E-state index contributed by atoms with van der Waals surface area (Å²) in [6.07, 6.45) is 2.92. The molecular formula is C13H14N2O2. The number of fused-ring (bicyclic) bond motifs is 1. The average Bonchev–Trinajstić information content (AvgIpc) is 2.33. The minimum atomic E-state index is -0.470. The Labute approximate surface area is 99.2 Å². The Kier molecular flexibility index (Phi) is 2.02. The molecule has 3 rings (SSSR count). The van der Waals surface area contributed by atoms with E-state index in [0.29, 0.717) is 23.4 Å². The quantitative estimate of drug-likeness (QED) is 0.669. The first-order valence-electron chi connectivity index (χ1n) is 5.86. The van der Waals surface area contributed by atoms with E-state index >= 15 is 0 Å². The summed E-state index contributed by atoms with van der Waals surface area (Å²) in [6, 6.07) is 5.18. The highest BCUT2D eigenvalue weighted by atomic mass is 16.2. The van der Waals surface area contributed by atoms with Crippen LogP contribution in [0.4, 0.5) is 11.4 Å². The molecular weight excluding hydrogens is 216 g/mol. The van der Waals surface area contributed by atoms with Crippen LogP contribution in [-0.4, -0.2) is 11.7 Å². The Hall–Kier alpha value is -1.84. The molecule has 1 aromatic rings. The van der Waals surface area contributed by atoms with Crippen molar-refractivity contribution in [3.05, 3.63) is 23.8 Å². The molecule has 1 heterocycles. The average molecular weight is 230 g/mol. The zero-order valence-corrected chi connectivity index (χ0v) is 9.45. The summed E-state index contributed by atoms with van der Waals surface area (Å²) in [4.78, 5) is 24.3. The van der Waals surface area contributed by atoms with Crippen molar-refractivity contribution >= 4 is 23.1 Å². The number of amides is 1. The molecule has 1 amide bonds. The van der Waals surface area contributed by atoms with E-state index < -0.39 is 5.41 Å². The van der Waals surface area contributed by atoms with Crippen molar-refractivity contribution in [2.75, 3.05) is 11.1 Å². The van der Waals surface area contributed by atoms with E-state index in [1.165, 1.54) is 0 Å². The molecule has 0 aromatic heterocycles. The molecule has 0 saturated heterocycles. The van der Waals surface area contributed by atoms with Gasteiger partial charge in [0.1, 0.15) is 0 Å². The number of benzene rings is 1. The smallest absolute Gasteiger partial charge is 0.231 e. The van der Waals surface area contributed by atoms with Crippen LogP contribution in [0, 0.1) is 5.41 Å². The zero-order chi connectivity index (χ0) is 12.0. The highest BCUT2D eigenvalue weighted by Crippen LogP contribution is 2.48. The second kappa shape index (κ2) is 3.32. The maximum atomic E-state index is 12.2. The van der Waals surface area contributed by atoms with Gasteiger partial charge >= 0.3 is 0 Å². The van der Waals surface area contributed by atoms with Crippen LogP contribution in [0.15, 0.2) is 18.2 Å². The summed E-state index contributed by atoms with van der Waals surface area (Å²) in [6.45, 7) is 0. The topological polar surface area (TPSA) is 72.2 Å². The van der Waals surface area contributed by atoms with Gasteiger partial charge in [0, 0.05) is 12.1 Å². The van der Waals surface area contributed by atoms with Gasteiger partial charge in [0.05, 0.1) is 16.7 Å². The number of Topliss-reactive ketones (excluding diaryl/α,β-unsaturated/α-hetero) is 1. The van der Waals surface area contributed by atoms with E-state index in [-0.39, 0.29) is 11.7 Å². The molecule has 0 atom stereocenters. The van der Waals surface area contributed by atoms with E-state index in [9.17, 15) is 9.59 Å². The van der Waals surface area contributed by atoms with Crippen LogP contribution >= 0.6 is 0 Å². The predicted octanol–water partition coefficient (Wildman–Crippen LogP) is 1.96. The summed E-state index contributed by atoms with van der Waals surface area (Å²) in [5.74, 6) is -0.0439. The molecule has 0 radical (unpaired) electrons. The van der Waals surface area contributed by atoms with Gasteiger partial charge in [-0.3, -0.25) is 9.59 Å². The number of ketones is 1. The molecule has 1 saturated carbocycles. The molecule has 0 bridgehead atoms. The molecule has 1 aliphatic carbocycles. The number of carbonyl (C=O) groups is 2. The van der Waals surface area contributed by atoms with Gasteiger partial charge in [0.25, 0.3) is 0 Å². The van der Waals surface area contributed by atoms with Crippen molar-refractivity contribution < 1.29 is 9.59 Å². The lowest BCUT2D eigenvalue weighted by Crippen LogP contribution is -2.41. The Morgan fingerprint density at radius 3 is 2.65 bits per heavy atom. The summed E-state index contributed by atoms with van der Waals surface area (Å²) < 4.78 is 0. The molecule has 1 aliphatic heterocycles. The molecule has 1 aromatic carbocycles. The van der Waals surface area contributed by atoms with Gasteiger partial charge in [0.2, 0.25) is 5.91 Å². The number of hydrogen-bond acceptors (Lipinski definition) is 3. The van der Waals surface area contributed by atoms with E-state index in [4.69, 9.17) is 5.73 Å². The minimum absolute atomic E-state index is 0.0175. The zero-order valence-electron chi connectivity index (χ0n) is 9.45. The number of carbonyl (C=O) groups excluding carboxylic acids is 2. The first kappa shape index (κ1) is 10.3. The Morgan fingerprint density at radius 1 is 1.24 bits per heavy atom. The third-order valence-electron chi connectivity index (χ3n) is 3.92. The fraction of sp³-hybridized carbons (Fsp3) is 0.385. The molecule has 0 unspecified atom stereocenters. The first-order valence-corrected chi connectivity index (χ1v) is 5.86. The van der Waals surface area contributed by atoms with Crippen LogP contribution in [0.2, 0.25) is 0 Å². The normalized spacial score (nSPS) is 21.4. The van der Waals surface area contributed by atoms with Crippen molar-refractivity contribution in [3.63, 3.8) is 0 Å². The van der Waals surface area contributed by atoms with Crippen LogP contribution in [0.25, 0.3) is 0 Å². The van der Waals surface area contributed by atoms with Crippen molar-refractivity contribution in [2.24, 2.45) is 5.41 Å². The summed E-state index contributed by atoms with van der Waals surface area (Å²) >= 11 is 0. The van der Waals surface area contributed by atoms with Gasteiger partial charge in [-0.05, 0) is 25.0 Å². The van der Waals surface area contributed by atoms with Crippen LogP contribution in [-0.2, 0) is 4.79 Å². The number of hydrogen-bond donors (Lipinski definition) is 2. The highest BCUT2D eigenvalue weighted by Gasteiger charge is 2.47. The number of nitrogen functional groups attached to an aromatic ring is 1. The summed E-state index contributed by atoms with van der Waals surface area (Å²) in [5.41, 5.74) is 6.84. The van der Waals surface area contributed by atoms with Crippen LogP contribution in [0.1, 0.15) is 36.0 Å². The minimum Gasteiger partial charge on any atom is -0.398 e. The second-order valence-corrected chi connectivity index (χ2v) is 4.96. The SMILES string of the molecule is Nc1cccc2c1C(=O)CC1(CCC1)C(=O)N2. The maximum Gasteiger partial charge on any atom is 0.231 e. The monoisotopic (exact) mass is 230 g/mol. The Balaban J connectivity index is 2.10. The van der Waals surface area contributed by atoms with Crippen molar-refractivity contribution in [3.8, 4) is 0 Å². The molecule has 2 aliphatic rings. The van der Waals surface area contributed by atoms with Crippen LogP contribution in [0.5, 0.6) is 0 Å². The molecule has 17 heavy (non-hydrogen) atoms. The van der Waals surface area contributed by atoms with Gasteiger partial charge in [-0.25, -0.2) is 0 Å². The number of nitrogens with two attached hydrogens (primary N) is 1. The second-order valence-electron chi connectivity index (χ2n) is 4.96. The van der Waals surface area contributed by atoms with Crippen molar-refractivity contribution in [2.45, 2.75) is 25.7 Å². The van der Waals surface area contributed by atoms with Gasteiger partial charge in [-0.15, -0.1) is 0 Å². The molecule has 4 nitrogen and oxygen atoms in total. The highest BCUT2D eigenvalue weighted by molar-refractivity contribution is 6.14. The van der Waals surface area contributed by atoms with Crippen LogP contribution in [0.3, 0.4) is 0 Å². The van der Waals surface area contributed by atoms with E-state index in [1.54, 1.807) is 18.2 Å². The third-order valence-corrected chi connectivity index (χ3v) is 3.92. The van der Waals surface area contributed by atoms with E-state index in [0.717, 1.165) is 19.3 Å². The van der Waals surface area contributed by atoms with Gasteiger partial charge in [-0.2, -0.15) is 0 Å². The molecule has 4 heteroatoms. The summed E-state index contributed by atoms with van der Waals surface area (Å²) in [5, 5.41) is 2.85. The Morgan fingerprint density at radius 2 is 2.00 bits per heavy atom. The Bertz CT molecular complexity index is 518. The lowest BCUT2D eigenvalue weighted by Gasteiger charge is -2.38. The van der Waals surface area contributed by atoms with Crippen LogP contribution < -0.4 is 11.1 Å². The number of nitrogens with one attached hydrogen (secondary N) is 1. The number of rotatable bonds is 0. The standard InChI is InChI=1S/C13H14N2O2/c14-8-3-1-4-9-11(8)10(16)7-13(5-2-6-13)12(17)15-9/h1,3-4H,2,5-7,14H2,(H,15,17). The molecule has 1 spiro atoms. The molecule has 1 fully saturated rings. The lowest BCUT2D eigenvalue weighted by atomic mass is 9.65. The third kappa shape index (κ3) is 1.37. The summed E-state index contributed by atoms with van der Waals surface area (Å²) in [7, 11) is 0. The van der Waals surface area contributed by atoms with Crippen molar-refractivity contribution in [1.82, 2.24) is 0 Å².